The summed E-state index contributed by atoms with van der Waals surface area (Å²) in [5, 5.41) is 3.55. The Hall–Kier alpha value is -1.13. The molecule has 1 N–H and O–H groups in total. The first-order valence-electron chi connectivity index (χ1n) is 8.04. The van der Waals surface area contributed by atoms with E-state index in [1.807, 2.05) is 0 Å². The number of hydrogen-bond acceptors (Lipinski definition) is 4. The molecule has 4 heterocycles. The van der Waals surface area contributed by atoms with E-state index in [-0.39, 0.29) is 0 Å². The summed E-state index contributed by atoms with van der Waals surface area (Å²) < 4.78 is 0. The summed E-state index contributed by atoms with van der Waals surface area (Å²) in [6.07, 6.45) is 3.96. The van der Waals surface area contributed by atoms with E-state index in [0.29, 0.717) is 12.1 Å². The maximum absolute atomic E-state index is 5.09. The molecule has 4 nitrogen and oxygen atoms in total. The summed E-state index contributed by atoms with van der Waals surface area (Å²) in [6.45, 7) is 6.74. The van der Waals surface area contributed by atoms with Crippen LogP contribution in [-0.4, -0.2) is 41.1 Å². The van der Waals surface area contributed by atoms with E-state index in [2.05, 4.69) is 28.1 Å². The zero-order valence-corrected chi connectivity index (χ0v) is 12.1. The van der Waals surface area contributed by atoms with Gasteiger partial charge in [-0.05, 0) is 43.4 Å². The molecule has 4 aliphatic rings. The van der Waals surface area contributed by atoms with Gasteiger partial charge in [0.15, 0.2) is 0 Å². The Morgan fingerprint density at radius 3 is 2.90 bits per heavy atom. The van der Waals surface area contributed by atoms with Crippen molar-refractivity contribution in [1.82, 2.24) is 15.2 Å². The molecule has 20 heavy (non-hydrogen) atoms. The second kappa shape index (κ2) is 3.95. The van der Waals surface area contributed by atoms with Gasteiger partial charge in [0.05, 0.1) is 5.69 Å². The number of fused-ring (bicyclic) bond motifs is 4. The molecule has 2 fully saturated rings. The number of nitrogens with one attached hydrogen (secondary N) is 1. The smallest absolute Gasteiger partial charge is 0.132 e. The predicted octanol–water partition coefficient (Wildman–Crippen LogP) is 1.28. The molecular formula is C16H22N4. The topological polar surface area (TPSA) is 31.4 Å². The van der Waals surface area contributed by atoms with E-state index in [4.69, 9.17) is 4.98 Å². The van der Waals surface area contributed by atoms with E-state index in [9.17, 15) is 0 Å². The van der Waals surface area contributed by atoms with Crippen LogP contribution in [0.3, 0.4) is 0 Å². The third-order valence-electron chi connectivity index (χ3n) is 5.42. The van der Waals surface area contributed by atoms with Crippen LogP contribution in [0.2, 0.25) is 0 Å². The number of pyridine rings is 1. The lowest BCUT2D eigenvalue weighted by Crippen LogP contribution is -2.55. The standard InChI is InChI=1S/C16H22N4/c1-10-6-17-7-14-5-11-4-12-8-19(13-2-3-13)9-15(12)18-16(11)20(10)14/h4,10,13-14,17H,2-3,5-9H2,1H3/t10-,14+/m0/s1. The highest BCUT2D eigenvalue weighted by atomic mass is 15.3. The normalized spacial score (nSPS) is 32.1. The molecular weight excluding hydrogens is 248 g/mol. The van der Waals surface area contributed by atoms with E-state index in [1.54, 1.807) is 0 Å². The lowest BCUT2D eigenvalue weighted by Gasteiger charge is -2.37. The Kier molecular flexibility index (Phi) is 2.28. The number of rotatable bonds is 1. The Labute approximate surface area is 120 Å². The minimum atomic E-state index is 0.571. The third-order valence-corrected chi connectivity index (χ3v) is 5.42. The highest BCUT2D eigenvalue weighted by Crippen LogP contribution is 2.39. The van der Waals surface area contributed by atoms with Crippen molar-refractivity contribution in [3.8, 4) is 0 Å². The molecule has 1 aliphatic carbocycles. The molecule has 5 rings (SSSR count). The van der Waals surface area contributed by atoms with E-state index in [1.165, 1.54) is 41.9 Å². The van der Waals surface area contributed by atoms with Gasteiger partial charge < -0.3 is 10.2 Å². The monoisotopic (exact) mass is 270 g/mol. The zero-order valence-electron chi connectivity index (χ0n) is 12.1. The van der Waals surface area contributed by atoms with Crippen molar-refractivity contribution in [3.63, 3.8) is 0 Å². The molecule has 3 aliphatic heterocycles. The summed E-state index contributed by atoms with van der Waals surface area (Å²) in [5.74, 6) is 1.29. The highest BCUT2D eigenvalue weighted by molar-refractivity contribution is 5.58. The van der Waals surface area contributed by atoms with Gasteiger partial charge in [0.25, 0.3) is 0 Å². The fraction of sp³-hybridized carbons (Fsp3) is 0.688. The molecule has 0 spiro atoms. The zero-order chi connectivity index (χ0) is 13.3. The van der Waals surface area contributed by atoms with E-state index >= 15 is 0 Å². The number of piperazine rings is 1. The molecule has 2 atom stereocenters. The highest BCUT2D eigenvalue weighted by Gasteiger charge is 2.39. The molecule has 4 heteroatoms. The Morgan fingerprint density at radius 2 is 2.05 bits per heavy atom. The minimum Gasteiger partial charge on any atom is -0.348 e. The first-order valence-corrected chi connectivity index (χ1v) is 8.04. The van der Waals surface area contributed by atoms with Gasteiger partial charge in [0.2, 0.25) is 0 Å². The number of hydrogen-bond donors (Lipinski definition) is 1. The van der Waals surface area contributed by atoms with Crippen LogP contribution in [0, 0.1) is 0 Å². The summed E-state index contributed by atoms with van der Waals surface area (Å²) in [7, 11) is 0. The molecule has 0 bridgehead atoms. The van der Waals surface area contributed by atoms with Crippen molar-refractivity contribution < 1.29 is 0 Å². The van der Waals surface area contributed by atoms with Gasteiger partial charge in [-0.25, -0.2) is 4.98 Å². The van der Waals surface area contributed by atoms with Crippen molar-refractivity contribution in [3.05, 3.63) is 22.9 Å². The molecule has 0 amide bonds. The summed E-state index contributed by atoms with van der Waals surface area (Å²) in [5.41, 5.74) is 4.33. The molecule has 1 aromatic heterocycles. The molecule has 106 valence electrons. The number of anilines is 1. The maximum atomic E-state index is 5.09. The average molecular weight is 270 g/mol. The van der Waals surface area contributed by atoms with Gasteiger partial charge in [0.1, 0.15) is 5.82 Å². The lowest BCUT2D eigenvalue weighted by atomic mass is 10.1. The second-order valence-corrected chi connectivity index (χ2v) is 6.99. The van der Waals surface area contributed by atoms with Crippen molar-refractivity contribution >= 4 is 5.82 Å². The third kappa shape index (κ3) is 1.58. The SMILES string of the molecule is C[C@H]1CNC[C@H]2Cc3cc4c(nc3N21)CN(C1CC1)C4. The van der Waals surface area contributed by atoms with Crippen LogP contribution >= 0.6 is 0 Å². The quantitative estimate of drug-likeness (QED) is 0.833. The van der Waals surface area contributed by atoms with Crippen LogP contribution in [0.1, 0.15) is 36.6 Å². The van der Waals surface area contributed by atoms with Crippen molar-refractivity contribution in [2.75, 3.05) is 18.0 Å². The van der Waals surface area contributed by atoms with Crippen molar-refractivity contribution in [2.45, 2.75) is 57.4 Å². The molecule has 0 radical (unpaired) electrons. The molecule has 0 aromatic carbocycles. The fourth-order valence-corrected chi connectivity index (χ4v) is 4.26. The van der Waals surface area contributed by atoms with Gasteiger partial charge in [-0.2, -0.15) is 0 Å². The Morgan fingerprint density at radius 1 is 1.15 bits per heavy atom. The first-order chi connectivity index (χ1) is 9.79. The van der Waals surface area contributed by atoms with Crippen molar-refractivity contribution in [2.24, 2.45) is 0 Å². The van der Waals surface area contributed by atoms with Crippen LogP contribution in [0.25, 0.3) is 0 Å². The number of nitrogens with zero attached hydrogens (tertiary/aromatic N) is 3. The van der Waals surface area contributed by atoms with Crippen LogP contribution in [0.4, 0.5) is 5.82 Å². The van der Waals surface area contributed by atoms with E-state index < -0.39 is 0 Å². The van der Waals surface area contributed by atoms with E-state index in [0.717, 1.165) is 32.2 Å². The van der Waals surface area contributed by atoms with Gasteiger partial charge in [-0.15, -0.1) is 0 Å². The number of aromatic nitrogens is 1. The van der Waals surface area contributed by atoms with Crippen LogP contribution in [0.15, 0.2) is 6.07 Å². The fourth-order valence-electron chi connectivity index (χ4n) is 4.26. The average Bonchev–Trinajstić information content (AvgIpc) is 3.10. The Bertz CT molecular complexity index is 566. The largest absolute Gasteiger partial charge is 0.348 e. The minimum absolute atomic E-state index is 0.571. The first kappa shape index (κ1) is 11.5. The summed E-state index contributed by atoms with van der Waals surface area (Å²) in [6, 6.07) is 4.51. The molecule has 1 saturated heterocycles. The molecule has 1 aromatic rings. The molecule has 1 saturated carbocycles. The van der Waals surface area contributed by atoms with Gasteiger partial charge in [0, 0.05) is 44.3 Å². The van der Waals surface area contributed by atoms with Gasteiger partial charge in [-0.1, -0.05) is 0 Å². The lowest BCUT2D eigenvalue weighted by molar-refractivity contribution is 0.271. The van der Waals surface area contributed by atoms with Gasteiger partial charge in [-0.3, -0.25) is 4.90 Å². The predicted molar refractivity (Wildman–Crippen MR) is 78.8 cm³/mol. The second-order valence-electron chi connectivity index (χ2n) is 6.99. The van der Waals surface area contributed by atoms with Gasteiger partial charge >= 0.3 is 0 Å². The maximum Gasteiger partial charge on any atom is 0.132 e. The van der Waals surface area contributed by atoms with Crippen LogP contribution in [-0.2, 0) is 19.5 Å². The Balaban J connectivity index is 1.51. The van der Waals surface area contributed by atoms with Crippen molar-refractivity contribution in [1.29, 1.82) is 0 Å². The van der Waals surface area contributed by atoms with Crippen LogP contribution in [0.5, 0.6) is 0 Å². The van der Waals surface area contributed by atoms with Crippen LogP contribution < -0.4 is 10.2 Å². The summed E-state index contributed by atoms with van der Waals surface area (Å²) >= 11 is 0. The summed E-state index contributed by atoms with van der Waals surface area (Å²) in [4.78, 5) is 10.3. The molecule has 0 unspecified atom stereocenters.